The Kier molecular flexibility index (Phi) is 8.05. The average molecular weight is 477 g/mol. The van der Waals surface area contributed by atoms with Crippen LogP contribution in [-0.4, -0.2) is 87.0 Å². The number of nitrogens with one attached hydrogen (secondary N) is 3. The summed E-state index contributed by atoms with van der Waals surface area (Å²) in [6, 6.07) is 16.5. The molecule has 1 unspecified atom stereocenters. The Bertz CT molecular complexity index is 1130. The number of aromatic amines is 1. The minimum Gasteiger partial charge on any atom is -0.378 e. The lowest BCUT2D eigenvalue weighted by Gasteiger charge is -2.38. The van der Waals surface area contributed by atoms with Crippen LogP contribution in [0.15, 0.2) is 54.7 Å². The van der Waals surface area contributed by atoms with Gasteiger partial charge in [-0.1, -0.05) is 30.3 Å². The van der Waals surface area contributed by atoms with Gasteiger partial charge in [0.1, 0.15) is 0 Å². The molecule has 1 aliphatic heterocycles. The number of H-pyrrole nitrogens is 1. The number of carbonyl (C=O) groups excluding carboxylic acids is 2. The lowest BCUT2D eigenvalue weighted by Crippen LogP contribution is -2.49. The molecule has 2 amide bonds. The molecule has 8 heteroatoms. The standard InChI is InChI=1S/C27H36N6O2/c1-31(2)22-10-8-20(9-11-22)25(33-16-14-32(3)15-17-33)19-30-27(35)26(34)28-13-12-21-18-29-24-7-5-4-6-23(21)24/h4-11,18,25,29H,12-17,19H2,1-3H3,(H,28,34)(H,30,35). The molecular weight excluding hydrogens is 440 g/mol. The quantitative estimate of drug-likeness (QED) is 0.433. The van der Waals surface area contributed by atoms with Crippen LogP contribution in [0.1, 0.15) is 17.2 Å². The van der Waals surface area contributed by atoms with E-state index in [1.807, 2.05) is 38.5 Å². The van der Waals surface area contributed by atoms with Crippen LogP contribution in [0.2, 0.25) is 0 Å². The van der Waals surface area contributed by atoms with Crippen molar-refractivity contribution in [1.82, 2.24) is 25.4 Å². The molecule has 2 aromatic carbocycles. The third kappa shape index (κ3) is 6.21. The molecule has 186 valence electrons. The van der Waals surface area contributed by atoms with Crippen LogP contribution in [-0.2, 0) is 16.0 Å². The Labute approximate surface area is 207 Å². The molecule has 1 fully saturated rings. The fraction of sp³-hybridized carbons (Fsp3) is 0.407. The minimum atomic E-state index is -0.593. The molecule has 1 saturated heterocycles. The highest BCUT2D eigenvalue weighted by Crippen LogP contribution is 2.24. The summed E-state index contributed by atoms with van der Waals surface area (Å²) in [4.78, 5) is 35.1. The number of amides is 2. The van der Waals surface area contributed by atoms with E-state index in [9.17, 15) is 9.59 Å². The molecule has 8 nitrogen and oxygen atoms in total. The zero-order chi connectivity index (χ0) is 24.8. The van der Waals surface area contributed by atoms with Gasteiger partial charge >= 0.3 is 11.8 Å². The van der Waals surface area contributed by atoms with Gasteiger partial charge in [-0.15, -0.1) is 0 Å². The van der Waals surface area contributed by atoms with Crippen molar-refractivity contribution in [1.29, 1.82) is 0 Å². The van der Waals surface area contributed by atoms with Crippen LogP contribution in [0.5, 0.6) is 0 Å². The second kappa shape index (κ2) is 11.4. The number of para-hydroxylation sites is 1. The fourth-order valence-electron chi connectivity index (χ4n) is 4.59. The van der Waals surface area contributed by atoms with Crippen LogP contribution in [0, 0.1) is 0 Å². The van der Waals surface area contributed by atoms with E-state index in [0.29, 0.717) is 19.5 Å². The van der Waals surface area contributed by atoms with E-state index in [4.69, 9.17) is 0 Å². The van der Waals surface area contributed by atoms with Crippen molar-refractivity contribution in [3.05, 3.63) is 65.9 Å². The van der Waals surface area contributed by atoms with Gasteiger partial charge in [0.2, 0.25) is 0 Å². The molecule has 1 aromatic heterocycles. The predicted octanol–water partition coefficient (Wildman–Crippen LogP) is 2.00. The molecule has 0 radical (unpaired) electrons. The van der Waals surface area contributed by atoms with E-state index < -0.39 is 11.8 Å². The Morgan fingerprint density at radius 2 is 1.66 bits per heavy atom. The van der Waals surface area contributed by atoms with Gasteiger partial charge in [0.05, 0.1) is 6.04 Å². The number of hydrogen-bond donors (Lipinski definition) is 3. The summed E-state index contributed by atoms with van der Waals surface area (Å²) in [5.74, 6) is -1.18. The van der Waals surface area contributed by atoms with Crippen molar-refractivity contribution >= 4 is 28.4 Å². The third-order valence-corrected chi connectivity index (χ3v) is 6.79. The molecule has 2 heterocycles. The highest BCUT2D eigenvalue weighted by Gasteiger charge is 2.25. The van der Waals surface area contributed by atoms with Crippen LogP contribution < -0.4 is 15.5 Å². The minimum absolute atomic E-state index is 0.0166. The Hall–Kier alpha value is -3.36. The largest absolute Gasteiger partial charge is 0.378 e. The molecule has 0 spiro atoms. The Morgan fingerprint density at radius 3 is 2.37 bits per heavy atom. The normalized spacial score (nSPS) is 15.6. The first kappa shape index (κ1) is 24.8. The van der Waals surface area contributed by atoms with Crippen LogP contribution >= 0.6 is 0 Å². The fourth-order valence-corrected chi connectivity index (χ4v) is 4.59. The number of fused-ring (bicyclic) bond motifs is 1. The number of benzene rings is 2. The molecular formula is C27H36N6O2. The molecule has 3 N–H and O–H groups in total. The van der Waals surface area contributed by atoms with Crippen LogP contribution in [0.4, 0.5) is 5.69 Å². The maximum Gasteiger partial charge on any atom is 0.309 e. The maximum absolute atomic E-state index is 12.6. The lowest BCUT2D eigenvalue weighted by atomic mass is 10.0. The zero-order valence-corrected chi connectivity index (χ0v) is 20.9. The molecule has 0 aliphatic carbocycles. The third-order valence-electron chi connectivity index (χ3n) is 6.79. The lowest BCUT2D eigenvalue weighted by molar-refractivity contribution is -0.139. The zero-order valence-electron chi connectivity index (χ0n) is 20.9. The second-order valence-corrected chi connectivity index (χ2v) is 9.42. The number of carbonyl (C=O) groups is 2. The number of anilines is 1. The van der Waals surface area contributed by atoms with Gasteiger partial charge in [0.15, 0.2) is 0 Å². The SMILES string of the molecule is CN1CCN(C(CNC(=O)C(=O)NCCc2c[nH]c3ccccc23)c2ccc(N(C)C)cc2)CC1. The topological polar surface area (TPSA) is 83.7 Å². The van der Waals surface area contributed by atoms with Gasteiger partial charge in [-0.2, -0.15) is 0 Å². The number of nitrogens with zero attached hydrogens (tertiary/aromatic N) is 3. The highest BCUT2D eigenvalue weighted by molar-refractivity contribution is 6.35. The summed E-state index contributed by atoms with van der Waals surface area (Å²) in [5, 5.41) is 6.78. The highest BCUT2D eigenvalue weighted by atomic mass is 16.2. The number of likely N-dealkylation sites (N-methyl/N-ethyl adjacent to an activating group) is 1. The van der Waals surface area contributed by atoms with Gasteiger partial charge in [-0.3, -0.25) is 14.5 Å². The molecule has 1 aliphatic rings. The van der Waals surface area contributed by atoms with E-state index in [1.54, 1.807) is 0 Å². The van der Waals surface area contributed by atoms with E-state index in [0.717, 1.165) is 53.9 Å². The monoisotopic (exact) mass is 476 g/mol. The summed E-state index contributed by atoms with van der Waals surface area (Å²) in [5.41, 5.74) is 4.46. The molecule has 1 atom stereocenters. The van der Waals surface area contributed by atoms with Crippen molar-refractivity contribution in [2.75, 3.05) is 65.3 Å². The van der Waals surface area contributed by atoms with Gasteiger partial charge in [-0.25, -0.2) is 0 Å². The van der Waals surface area contributed by atoms with Gasteiger partial charge in [0, 0.05) is 76.2 Å². The first-order valence-electron chi connectivity index (χ1n) is 12.2. The van der Waals surface area contributed by atoms with E-state index in [1.165, 1.54) is 0 Å². The Balaban J connectivity index is 1.33. The second-order valence-electron chi connectivity index (χ2n) is 9.42. The summed E-state index contributed by atoms with van der Waals surface area (Å²) >= 11 is 0. The Morgan fingerprint density at radius 1 is 0.971 bits per heavy atom. The van der Waals surface area contributed by atoms with Crippen molar-refractivity contribution in [2.45, 2.75) is 12.5 Å². The van der Waals surface area contributed by atoms with Gasteiger partial charge in [0.25, 0.3) is 0 Å². The van der Waals surface area contributed by atoms with E-state index in [2.05, 4.69) is 67.7 Å². The van der Waals surface area contributed by atoms with Crippen LogP contribution in [0.25, 0.3) is 10.9 Å². The number of piperazine rings is 1. The van der Waals surface area contributed by atoms with E-state index >= 15 is 0 Å². The van der Waals surface area contributed by atoms with Crippen LogP contribution in [0.3, 0.4) is 0 Å². The van der Waals surface area contributed by atoms with Crippen molar-refractivity contribution in [3.63, 3.8) is 0 Å². The van der Waals surface area contributed by atoms with E-state index in [-0.39, 0.29) is 6.04 Å². The smallest absolute Gasteiger partial charge is 0.309 e. The molecule has 35 heavy (non-hydrogen) atoms. The van der Waals surface area contributed by atoms with Crippen molar-refractivity contribution in [3.8, 4) is 0 Å². The number of rotatable bonds is 8. The number of aromatic nitrogens is 1. The average Bonchev–Trinajstić information content (AvgIpc) is 3.28. The number of hydrogen-bond acceptors (Lipinski definition) is 5. The predicted molar refractivity (Wildman–Crippen MR) is 141 cm³/mol. The maximum atomic E-state index is 12.6. The van der Waals surface area contributed by atoms with Gasteiger partial charge in [-0.05, 0) is 42.8 Å². The molecule has 4 rings (SSSR count). The first-order chi connectivity index (χ1) is 16.9. The summed E-state index contributed by atoms with van der Waals surface area (Å²) in [6.45, 7) is 4.59. The summed E-state index contributed by atoms with van der Waals surface area (Å²) < 4.78 is 0. The molecule has 0 saturated carbocycles. The summed E-state index contributed by atoms with van der Waals surface area (Å²) in [6.07, 6.45) is 2.62. The van der Waals surface area contributed by atoms with Crippen molar-refractivity contribution < 1.29 is 9.59 Å². The first-order valence-corrected chi connectivity index (χ1v) is 12.2. The van der Waals surface area contributed by atoms with Crippen molar-refractivity contribution in [2.24, 2.45) is 0 Å². The molecule has 0 bridgehead atoms. The van der Waals surface area contributed by atoms with Gasteiger partial charge < -0.3 is 25.4 Å². The summed E-state index contributed by atoms with van der Waals surface area (Å²) in [7, 11) is 6.16. The molecule has 3 aromatic rings.